The largest absolute Gasteiger partial charge is 0.381 e. The van der Waals surface area contributed by atoms with Gasteiger partial charge in [-0.05, 0) is 44.2 Å². The second kappa shape index (κ2) is 7.04. The zero-order valence-corrected chi connectivity index (χ0v) is 12.4. The summed E-state index contributed by atoms with van der Waals surface area (Å²) < 4.78 is 7.25. The molecule has 6 nitrogen and oxygen atoms in total. The molecule has 21 heavy (non-hydrogen) atoms. The number of hydrogen-bond acceptors (Lipinski definition) is 4. The van der Waals surface area contributed by atoms with Crippen LogP contribution in [0.4, 0.5) is 0 Å². The number of ether oxygens (including phenoxy) is 1. The maximum absolute atomic E-state index is 12.1. The predicted molar refractivity (Wildman–Crippen MR) is 79.2 cm³/mol. The van der Waals surface area contributed by atoms with Crippen molar-refractivity contribution in [1.82, 2.24) is 20.4 Å². The fraction of sp³-hybridized carbons (Fsp3) is 0.733. The third kappa shape index (κ3) is 3.83. The summed E-state index contributed by atoms with van der Waals surface area (Å²) in [7, 11) is 0. The van der Waals surface area contributed by atoms with E-state index in [1.165, 1.54) is 0 Å². The van der Waals surface area contributed by atoms with E-state index in [-0.39, 0.29) is 5.91 Å². The highest BCUT2D eigenvalue weighted by Crippen LogP contribution is 2.16. The van der Waals surface area contributed by atoms with Crippen LogP contribution in [0.15, 0.2) is 12.3 Å². The molecule has 2 aliphatic heterocycles. The van der Waals surface area contributed by atoms with Crippen LogP contribution in [0.25, 0.3) is 0 Å². The standard InChI is InChI=1S/C15H24N4O2/c20-15(17-10-12-4-8-21-9-5-12)14-3-7-19(18-14)13-2-1-6-16-11-13/h3,7,12-13,16H,1-2,4-6,8-11H2,(H,17,20). The Morgan fingerprint density at radius 1 is 1.43 bits per heavy atom. The van der Waals surface area contributed by atoms with Crippen LogP contribution in [0.1, 0.15) is 42.2 Å². The molecule has 1 amide bonds. The van der Waals surface area contributed by atoms with E-state index < -0.39 is 0 Å². The third-order valence-electron chi connectivity index (χ3n) is 4.38. The van der Waals surface area contributed by atoms with Gasteiger partial charge < -0.3 is 15.4 Å². The molecule has 0 radical (unpaired) electrons. The second-order valence-corrected chi connectivity index (χ2v) is 5.95. The van der Waals surface area contributed by atoms with Gasteiger partial charge in [-0.3, -0.25) is 9.48 Å². The molecule has 116 valence electrons. The fourth-order valence-electron chi connectivity index (χ4n) is 3.00. The minimum Gasteiger partial charge on any atom is -0.381 e. The van der Waals surface area contributed by atoms with Gasteiger partial charge in [-0.1, -0.05) is 0 Å². The first-order chi connectivity index (χ1) is 10.3. The molecule has 2 N–H and O–H groups in total. The van der Waals surface area contributed by atoms with Gasteiger partial charge in [0, 0.05) is 32.5 Å². The zero-order valence-electron chi connectivity index (χ0n) is 12.4. The van der Waals surface area contributed by atoms with Crippen LogP contribution in [0, 0.1) is 5.92 Å². The molecule has 3 heterocycles. The van der Waals surface area contributed by atoms with Gasteiger partial charge in [-0.15, -0.1) is 0 Å². The summed E-state index contributed by atoms with van der Waals surface area (Å²) in [5.74, 6) is 0.469. The van der Waals surface area contributed by atoms with Crippen molar-refractivity contribution in [3.8, 4) is 0 Å². The van der Waals surface area contributed by atoms with Gasteiger partial charge in [0.2, 0.25) is 0 Å². The average molecular weight is 292 g/mol. The number of aromatic nitrogens is 2. The Labute approximate surface area is 125 Å². The lowest BCUT2D eigenvalue weighted by Crippen LogP contribution is -2.33. The normalized spacial score (nSPS) is 23.9. The molecule has 2 saturated heterocycles. The molecule has 1 aromatic heterocycles. The van der Waals surface area contributed by atoms with Gasteiger partial charge in [0.15, 0.2) is 0 Å². The molecule has 0 bridgehead atoms. The lowest BCUT2D eigenvalue weighted by atomic mass is 10.0. The van der Waals surface area contributed by atoms with E-state index >= 15 is 0 Å². The number of nitrogens with one attached hydrogen (secondary N) is 2. The first kappa shape index (κ1) is 14.5. The lowest BCUT2D eigenvalue weighted by Gasteiger charge is -2.23. The fourth-order valence-corrected chi connectivity index (χ4v) is 3.00. The topological polar surface area (TPSA) is 68.2 Å². The number of nitrogens with zero attached hydrogens (tertiary/aromatic N) is 2. The molecule has 2 fully saturated rings. The van der Waals surface area contributed by atoms with Crippen LogP contribution in [-0.4, -0.2) is 48.5 Å². The number of rotatable bonds is 4. The molecule has 0 saturated carbocycles. The third-order valence-corrected chi connectivity index (χ3v) is 4.38. The van der Waals surface area contributed by atoms with E-state index in [0.29, 0.717) is 17.7 Å². The second-order valence-electron chi connectivity index (χ2n) is 5.95. The van der Waals surface area contributed by atoms with Crippen LogP contribution in [0.3, 0.4) is 0 Å². The van der Waals surface area contributed by atoms with Gasteiger partial charge in [0.1, 0.15) is 5.69 Å². The van der Waals surface area contributed by atoms with Crippen molar-refractivity contribution in [1.29, 1.82) is 0 Å². The Morgan fingerprint density at radius 3 is 3.05 bits per heavy atom. The zero-order chi connectivity index (χ0) is 14.5. The van der Waals surface area contributed by atoms with Crippen LogP contribution >= 0.6 is 0 Å². The summed E-state index contributed by atoms with van der Waals surface area (Å²) >= 11 is 0. The van der Waals surface area contributed by atoms with Crippen molar-refractivity contribution in [2.24, 2.45) is 5.92 Å². The Morgan fingerprint density at radius 2 is 2.29 bits per heavy atom. The number of piperidine rings is 1. The summed E-state index contributed by atoms with van der Waals surface area (Å²) in [6.45, 7) is 4.36. The predicted octanol–water partition coefficient (Wildman–Crippen LogP) is 0.964. The van der Waals surface area contributed by atoms with Crippen molar-refractivity contribution in [2.45, 2.75) is 31.7 Å². The molecule has 6 heteroatoms. The molecule has 0 aliphatic carbocycles. The van der Waals surface area contributed by atoms with E-state index in [9.17, 15) is 4.79 Å². The smallest absolute Gasteiger partial charge is 0.271 e. The minimum atomic E-state index is -0.0657. The molecule has 1 atom stereocenters. The van der Waals surface area contributed by atoms with Crippen molar-refractivity contribution < 1.29 is 9.53 Å². The number of carbonyl (C=O) groups excluding carboxylic acids is 1. The summed E-state index contributed by atoms with van der Waals surface area (Å²) in [4.78, 5) is 12.1. The van der Waals surface area contributed by atoms with E-state index in [0.717, 1.165) is 58.5 Å². The Bertz CT molecular complexity index is 462. The van der Waals surface area contributed by atoms with Crippen molar-refractivity contribution in [3.05, 3.63) is 18.0 Å². The number of carbonyl (C=O) groups is 1. The monoisotopic (exact) mass is 292 g/mol. The summed E-state index contributed by atoms with van der Waals surface area (Å²) in [6, 6.07) is 2.18. The van der Waals surface area contributed by atoms with Crippen molar-refractivity contribution in [3.63, 3.8) is 0 Å². The lowest BCUT2D eigenvalue weighted by molar-refractivity contribution is 0.0642. The highest BCUT2D eigenvalue weighted by atomic mass is 16.5. The number of hydrogen-bond donors (Lipinski definition) is 2. The molecule has 1 unspecified atom stereocenters. The molecule has 2 aliphatic rings. The summed E-state index contributed by atoms with van der Waals surface area (Å²) in [6.07, 6.45) is 6.26. The van der Waals surface area contributed by atoms with E-state index in [2.05, 4.69) is 15.7 Å². The van der Waals surface area contributed by atoms with Crippen LogP contribution in [0.5, 0.6) is 0 Å². The van der Waals surface area contributed by atoms with Gasteiger partial charge in [0.05, 0.1) is 6.04 Å². The molecule has 1 aromatic rings. The Kier molecular flexibility index (Phi) is 4.87. The maximum atomic E-state index is 12.1. The van der Waals surface area contributed by atoms with Gasteiger partial charge >= 0.3 is 0 Å². The van der Waals surface area contributed by atoms with Crippen LogP contribution in [-0.2, 0) is 4.74 Å². The highest BCUT2D eigenvalue weighted by Gasteiger charge is 2.19. The highest BCUT2D eigenvalue weighted by molar-refractivity contribution is 5.92. The Balaban J connectivity index is 1.51. The molecular formula is C15H24N4O2. The van der Waals surface area contributed by atoms with Gasteiger partial charge in [-0.25, -0.2) is 0 Å². The van der Waals surface area contributed by atoms with Crippen LogP contribution < -0.4 is 10.6 Å². The maximum Gasteiger partial charge on any atom is 0.271 e. The molecule has 3 rings (SSSR count). The number of amides is 1. The molecule has 0 spiro atoms. The van der Waals surface area contributed by atoms with Crippen LogP contribution in [0.2, 0.25) is 0 Å². The minimum absolute atomic E-state index is 0.0657. The average Bonchev–Trinajstić information content (AvgIpc) is 3.04. The molecule has 0 aromatic carbocycles. The van der Waals surface area contributed by atoms with Gasteiger partial charge in [0.25, 0.3) is 5.91 Å². The summed E-state index contributed by atoms with van der Waals surface area (Å²) in [5, 5.41) is 10.8. The summed E-state index contributed by atoms with van der Waals surface area (Å²) in [5.41, 5.74) is 0.521. The SMILES string of the molecule is O=C(NCC1CCOCC1)c1ccn(C2CCCNC2)n1. The molecular weight excluding hydrogens is 268 g/mol. The Hall–Kier alpha value is -1.40. The first-order valence-corrected chi connectivity index (χ1v) is 7.95. The van der Waals surface area contributed by atoms with Crippen molar-refractivity contribution >= 4 is 5.91 Å². The van der Waals surface area contributed by atoms with E-state index in [1.54, 1.807) is 0 Å². The van der Waals surface area contributed by atoms with Crippen molar-refractivity contribution in [2.75, 3.05) is 32.8 Å². The van der Waals surface area contributed by atoms with E-state index in [1.807, 2.05) is 16.9 Å². The quantitative estimate of drug-likeness (QED) is 0.867. The first-order valence-electron chi connectivity index (χ1n) is 7.95. The van der Waals surface area contributed by atoms with E-state index in [4.69, 9.17) is 4.74 Å². The van der Waals surface area contributed by atoms with Gasteiger partial charge in [-0.2, -0.15) is 5.10 Å².